The predicted octanol–water partition coefficient (Wildman–Crippen LogP) is 7.45. The quantitative estimate of drug-likeness (QED) is 0.240. The van der Waals surface area contributed by atoms with Gasteiger partial charge in [0, 0.05) is 5.39 Å². The van der Waals surface area contributed by atoms with Crippen LogP contribution in [-0.4, -0.2) is 21.6 Å². The number of furan rings is 1. The van der Waals surface area contributed by atoms with Crippen molar-refractivity contribution in [1.82, 2.24) is 0 Å². The number of ether oxygens (including phenoxy) is 1. The largest absolute Gasteiger partial charge is 0.456 e. The number of fused-ring (bicyclic) bond motifs is 3. The summed E-state index contributed by atoms with van der Waals surface area (Å²) < 4.78 is 43.2. The van der Waals surface area contributed by atoms with Gasteiger partial charge >= 0.3 is 0 Å². The minimum absolute atomic E-state index is 0.126. The Bertz CT molecular complexity index is 1750. The number of rotatable bonds is 4. The molecule has 0 bridgehead atoms. The highest BCUT2D eigenvalue weighted by Crippen LogP contribution is 2.44. The van der Waals surface area contributed by atoms with Gasteiger partial charge in [0.05, 0.1) is 18.0 Å². The topological polar surface area (TPSA) is 59.8 Å². The van der Waals surface area contributed by atoms with Crippen molar-refractivity contribution in [3.05, 3.63) is 137 Å². The molecule has 2 heterocycles. The van der Waals surface area contributed by atoms with E-state index in [0.29, 0.717) is 17.0 Å². The molecule has 196 valence electrons. The van der Waals surface area contributed by atoms with E-state index in [1.807, 2.05) is 98.8 Å². The zero-order valence-corrected chi connectivity index (χ0v) is 22.7. The molecule has 1 aliphatic heterocycles. The van der Waals surface area contributed by atoms with Crippen LogP contribution in [0.2, 0.25) is 0 Å². The summed E-state index contributed by atoms with van der Waals surface area (Å²) in [4.78, 5) is 0.228. The first-order chi connectivity index (χ1) is 18.9. The standard InChI is InChI=1S/C33H29NO4S/c1-23-12-16-25(17-13-23)27-20-21-34(39(35,36)28-18-14-24(2)15-19-28)31-29-10-6-7-11-30(29)38-33(31)32(37-22-27)26-8-4-3-5-9-26/h3-20,32H,21-22H2,1-2H3/b27-20+. The molecule has 0 spiro atoms. The third-order valence-corrected chi connectivity index (χ3v) is 8.91. The average Bonchev–Trinajstić information content (AvgIpc) is 3.35. The zero-order chi connectivity index (χ0) is 27.0. The fourth-order valence-corrected chi connectivity index (χ4v) is 6.41. The molecule has 0 fully saturated rings. The molecule has 5 aromatic rings. The van der Waals surface area contributed by atoms with E-state index in [9.17, 15) is 8.42 Å². The first kappa shape index (κ1) is 25.2. The molecular weight excluding hydrogens is 506 g/mol. The van der Waals surface area contributed by atoms with Crippen molar-refractivity contribution in [2.45, 2.75) is 24.8 Å². The summed E-state index contributed by atoms with van der Waals surface area (Å²) >= 11 is 0. The summed E-state index contributed by atoms with van der Waals surface area (Å²) in [5, 5.41) is 0.722. The van der Waals surface area contributed by atoms with Crippen molar-refractivity contribution in [2.24, 2.45) is 0 Å². The molecule has 5 nitrogen and oxygen atoms in total. The minimum atomic E-state index is -3.95. The van der Waals surface area contributed by atoms with Crippen molar-refractivity contribution in [3.8, 4) is 0 Å². The Morgan fingerprint density at radius 1 is 0.769 bits per heavy atom. The SMILES string of the molecule is Cc1ccc(/C2=C/CN(S(=O)(=O)c3ccc(C)cc3)c3c(oc4ccccc34)C(c3ccccc3)OC2)cc1. The normalized spacial score (nSPS) is 17.5. The molecule has 39 heavy (non-hydrogen) atoms. The number of sulfonamides is 1. The van der Waals surface area contributed by atoms with Gasteiger partial charge in [-0.05, 0) is 54.8 Å². The average molecular weight is 536 g/mol. The maximum Gasteiger partial charge on any atom is 0.264 e. The Kier molecular flexibility index (Phi) is 6.59. The van der Waals surface area contributed by atoms with Crippen LogP contribution in [0.3, 0.4) is 0 Å². The summed E-state index contributed by atoms with van der Waals surface area (Å²) in [6.07, 6.45) is 1.34. The van der Waals surface area contributed by atoms with E-state index >= 15 is 0 Å². The fraction of sp³-hybridized carbons (Fsp3) is 0.152. The molecule has 1 unspecified atom stereocenters. The predicted molar refractivity (Wildman–Crippen MR) is 155 cm³/mol. The second-order valence-corrected chi connectivity index (χ2v) is 11.7. The summed E-state index contributed by atoms with van der Waals surface area (Å²) in [6.45, 7) is 4.40. The van der Waals surface area contributed by atoms with E-state index in [4.69, 9.17) is 9.15 Å². The van der Waals surface area contributed by atoms with E-state index in [1.165, 1.54) is 4.31 Å². The molecule has 1 aliphatic rings. The first-order valence-corrected chi connectivity index (χ1v) is 14.4. The Balaban J connectivity index is 1.60. The Morgan fingerprint density at radius 3 is 2.13 bits per heavy atom. The van der Waals surface area contributed by atoms with Crippen LogP contribution in [0, 0.1) is 13.8 Å². The molecule has 4 aromatic carbocycles. The van der Waals surface area contributed by atoms with Crippen LogP contribution in [0.5, 0.6) is 0 Å². The molecule has 6 rings (SSSR count). The van der Waals surface area contributed by atoms with Crippen molar-refractivity contribution >= 4 is 32.3 Å². The second-order valence-electron chi connectivity index (χ2n) is 9.86. The smallest absolute Gasteiger partial charge is 0.264 e. The summed E-state index contributed by atoms with van der Waals surface area (Å²) in [7, 11) is -3.95. The van der Waals surface area contributed by atoms with Crippen molar-refractivity contribution in [1.29, 1.82) is 0 Å². The minimum Gasteiger partial charge on any atom is -0.456 e. The Hall–Kier alpha value is -4.13. The molecule has 0 saturated heterocycles. The third-order valence-electron chi connectivity index (χ3n) is 7.13. The highest BCUT2D eigenvalue weighted by molar-refractivity contribution is 7.92. The van der Waals surface area contributed by atoms with Crippen LogP contribution in [0.15, 0.2) is 119 Å². The maximum absolute atomic E-state index is 14.3. The van der Waals surface area contributed by atoms with Gasteiger partial charge in [0.1, 0.15) is 17.4 Å². The third kappa shape index (κ3) is 4.78. The molecule has 1 aromatic heterocycles. The van der Waals surface area contributed by atoms with Gasteiger partial charge < -0.3 is 9.15 Å². The lowest BCUT2D eigenvalue weighted by atomic mass is 10.0. The van der Waals surface area contributed by atoms with Crippen LogP contribution in [-0.2, 0) is 14.8 Å². The fourth-order valence-electron chi connectivity index (χ4n) is 4.98. The zero-order valence-electron chi connectivity index (χ0n) is 21.9. The van der Waals surface area contributed by atoms with E-state index in [-0.39, 0.29) is 18.0 Å². The second kappa shape index (κ2) is 10.2. The molecule has 0 N–H and O–H groups in total. The number of hydrogen-bond donors (Lipinski definition) is 0. The summed E-state index contributed by atoms with van der Waals surface area (Å²) in [6, 6.07) is 32.5. The van der Waals surface area contributed by atoms with Crippen molar-refractivity contribution in [2.75, 3.05) is 17.5 Å². The van der Waals surface area contributed by atoms with Gasteiger partial charge in [-0.1, -0.05) is 96.1 Å². The molecule has 6 heteroatoms. The Labute approximate surface area is 229 Å². The molecule has 0 aliphatic carbocycles. The number of nitrogens with zero attached hydrogens (tertiary/aromatic N) is 1. The van der Waals surface area contributed by atoms with Gasteiger partial charge in [0.2, 0.25) is 0 Å². The van der Waals surface area contributed by atoms with Gasteiger partial charge in [-0.15, -0.1) is 0 Å². The van der Waals surface area contributed by atoms with Crippen molar-refractivity contribution < 1.29 is 17.6 Å². The number of anilines is 1. The van der Waals surface area contributed by atoms with Gasteiger partial charge in [-0.25, -0.2) is 8.42 Å². The van der Waals surface area contributed by atoms with E-state index in [0.717, 1.165) is 33.2 Å². The van der Waals surface area contributed by atoms with E-state index in [2.05, 4.69) is 12.1 Å². The van der Waals surface area contributed by atoms with Crippen LogP contribution < -0.4 is 4.31 Å². The first-order valence-electron chi connectivity index (χ1n) is 13.0. The highest BCUT2D eigenvalue weighted by Gasteiger charge is 2.35. The molecule has 1 atom stereocenters. The van der Waals surface area contributed by atoms with Crippen LogP contribution >= 0.6 is 0 Å². The number of benzene rings is 4. The van der Waals surface area contributed by atoms with Crippen molar-refractivity contribution in [3.63, 3.8) is 0 Å². The number of aryl methyl sites for hydroxylation is 2. The molecule has 0 radical (unpaired) electrons. The molecule has 0 saturated carbocycles. The van der Waals surface area contributed by atoms with Crippen LogP contribution in [0.4, 0.5) is 5.69 Å². The lowest BCUT2D eigenvalue weighted by Gasteiger charge is -2.25. The summed E-state index contributed by atoms with van der Waals surface area (Å²) in [5.41, 5.74) is 6.04. The molecule has 0 amide bonds. The summed E-state index contributed by atoms with van der Waals surface area (Å²) in [5.74, 6) is 0.469. The monoisotopic (exact) mass is 535 g/mol. The number of hydrogen-bond acceptors (Lipinski definition) is 4. The van der Waals surface area contributed by atoms with Gasteiger partial charge in [-0.2, -0.15) is 0 Å². The Morgan fingerprint density at radius 2 is 1.41 bits per heavy atom. The maximum atomic E-state index is 14.3. The lowest BCUT2D eigenvalue weighted by Crippen LogP contribution is -2.32. The van der Waals surface area contributed by atoms with E-state index in [1.54, 1.807) is 12.1 Å². The lowest BCUT2D eigenvalue weighted by molar-refractivity contribution is 0.0931. The van der Waals surface area contributed by atoms with E-state index < -0.39 is 16.1 Å². The number of para-hydroxylation sites is 1. The van der Waals surface area contributed by atoms with Gasteiger partial charge in [-0.3, -0.25) is 4.31 Å². The van der Waals surface area contributed by atoms with Crippen LogP contribution in [0.1, 0.15) is 34.1 Å². The van der Waals surface area contributed by atoms with Gasteiger partial charge in [0.25, 0.3) is 10.0 Å². The van der Waals surface area contributed by atoms with Crippen LogP contribution in [0.25, 0.3) is 16.5 Å². The molecular formula is C33H29NO4S. The highest BCUT2D eigenvalue weighted by atomic mass is 32.2. The van der Waals surface area contributed by atoms with Gasteiger partial charge in [0.15, 0.2) is 5.76 Å².